The second-order valence-electron chi connectivity index (χ2n) is 15.1. The van der Waals surface area contributed by atoms with Crippen LogP contribution in [0.4, 0.5) is 0 Å². The predicted octanol–water partition coefficient (Wildman–Crippen LogP) is 8.15. The number of furan rings is 1. The minimum absolute atomic E-state index is 0.0530. The van der Waals surface area contributed by atoms with Crippen molar-refractivity contribution in [2.75, 3.05) is 20.2 Å². The Balaban J connectivity index is 0.938. The molecule has 0 bridgehead atoms. The predicted molar refractivity (Wildman–Crippen MR) is 195 cm³/mol. The molecule has 4 aromatic rings. The van der Waals surface area contributed by atoms with Crippen LogP contribution in [-0.2, 0) is 42.3 Å². The van der Waals surface area contributed by atoms with E-state index in [1.807, 2.05) is 23.9 Å². The first-order valence-corrected chi connectivity index (χ1v) is 19.2. The van der Waals surface area contributed by atoms with Crippen molar-refractivity contribution in [2.24, 2.45) is 17.8 Å². The highest BCUT2D eigenvalue weighted by Crippen LogP contribution is 2.48. The smallest absolute Gasteiger partial charge is 0.306 e. The first-order chi connectivity index (χ1) is 24.9. The molecule has 3 aliphatic rings. The molecule has 2 aliphatic heterocycles. The maximum atomic E-state index is 11.9. The number of hydrogen-bond acceptors (Lipinski definition) is 8. The monoisotopic (exact) mass is 698 g/mol. The number of aromatic nitrogens is 3. The number of likely N-dealkylation sites (tertiary alicyclic amines) is 1. The number of methoxy groups -OCH3 is 1. The first-order valence-electron chi connectivity index (χ1n) is 19.2. The Bertz CT molecular complexity index is 1770. The average molecular weight is 699 g/mol. The van der Waals surface area contributed by atoms with Gasteiger partial charge >= 0.3 is 5.97 Å². The number of carboxylic acid groups (broad SMARTS) is 1. The molecule has 1 aliphatic carbocycles. The maximum absolute atomic E-state index is 11.9. The lowest BCUT2D eigenvalue weighted by atomic mass is 9.81. The summed E-state index contributed by atoms with van der Waals surface area (Å²) in [6.07, 6.45) is 13.4. The molecule has 7 rings (SSSR count). The number of carboxylic acids is 1. The molecular weight excluding hydrogens is 644 g/mol. The fourth-order valence-electron chi connectivity index (χ4n) is 8.31. The van der Waals surface area contributed by atoms with Gasteiger partial charge in [-0.1, -0.05) is 50.5 Å². The largest absolute Gasteiger partial charge is 0.496 e. The number of benzene rings is 2. The van der Waals surface area contributed by atoms with Crippen LogP contribution in [-0.4, -0.2) is 57.3 Å². The minimum Gasteiger partial charge on any atom is -0.496 e. The van der Waals surface area contributed by atoms with Gasteiger partial charge in [0.25, 0.3) is 0 Å². The van der Waals surface area contributed by atoms with E-state index in [-0.39, 0.29) is 12.0 Å². The SMILES string of the molecule is CCCCCCn1cc(COCc2cc3ccc(OC)c(CN4CCC(C5CCc6ccc([C@H](C7CC7)[C@H](C)C(=O)O)cc6O5)CC4)c3o2)nn1. The second kappa shape index (κ2) is 16.2. The summed E-state index contributed by atoms with van der Waals surface area (Å²) in [5, 5.41) is 19.3. The van der Waals surface area contributed by atoms with Crippen LogP contribution in [0.15, 0.2) is 47.0 Å². The number of rotatable bonds is 17. The van der Waals surface area contributed by atoms with Gasteiger partial charge in [0, 0.05) is 18.5 Å². The molecule has 2 aromatic carbocycles. The molecule has 10 nitrogen and oxygen atoms in total. The molecule has 3 atom stereocenters. The highest BCUT2D eigenvalue weighted by Gasteiger charge is 2.39. The van der Waals surface area contributed by atoms with Crippen LogP contribution in [0.1, 0.15) is 106 Å². The van der Waals surface area contributed by atoms with Gasteiger partial charge in [-0.15, -0.1) is 5.10 Å². The number of nitrogens with zero attached hydrogens (tertiary/aromatic N) is 4. The molecule has 4 heterocycles. The van der Waals surface area contributed by atoms with Gasteiger partial charge < -0.3 is 23.7 Å². The average Bonchev–Trinajstić information content (AvgIpc) is 3.72. The molecule has 1 unspecified atom stereocenters. The lowest BCUT2D eigenvalue weighted by Crippen LogP contribution is -2.40. The number of piperidine rings is 1. The lowest BCUT2D eigenvalue weighted by molar-refractivity contribution is -0.142. The van der Waals surface area contributed by atoms with Crippen molar-refractivity contribution in [3.8, 4) is 11.5 Å². The molecule has 274 valence electrons. The van der Waals surface area contributed by atoms with Crippen molar-refractivity contribution in [3.63, 3.8) is 0 Å². The molecule has 51 heavy (non-hydrogen) atoms. The van der Waals surface area contributed by atoms with E-state index < -0.39 is 11.9 Å². The number of carbonyl (C=O) groups is 1. The van der Waals surface area contributed by atoms with Gasteiger partial charge in [-0.3, -0.25) is 14.4 Å². The summed E-state index contributed by atoms with van der Waals surface area (Å²) in [5.74, 6) is 2.48. The van der Waals surface area contributed by atoms with E-state index in [4.69, 9.17) is 18.6 Å². The number of aliphatic carboxylic acids is 1. The van der Waals surface area contributed by atoms with Gasteiger partial charge in [-0.2, -0.15) is 0 Å². The number of ether oxygens (including phenoxy) is 3. The van der Waals surface area contributed by atoms with E-state index in [2.05, 4.69) is 52.5 Å². The van der Waals surface area contributed by atoms with Crippen LogP contribution >= 0.6 is 0 Å². The molecule has 0 amide bonds. The number of fused-ring (bicyclic) bond motifs is 2. The molecular formula is C41H54N4O6. The van der Waals surface area contributed by atoms with E-state index in [1.165, 1.54) is 24.8 Å². The maximum Gasteiger partial charge on any atom is 0.306 e. The van der Waals surface area contributed by atoms with E-state index in [0.717, 1.165) is 116 Å². The van der Waals surface area contributed by atoms with E-state index in [9.17, 15) is 9.90 Å². The molecule has 2 aromatic heterocycles. The third kappa shape index (κ3) is 8.44. The summed E-state index contributed by atoms with van der Waals surface area (Å²) in [6.45, 7) is 8.42. The van der Waals surface area contributed by atoms with Crippen molar-refractivity contribution < 1.29 is 28.5 Å². The summed E-state index contributed by atoms with van der Waals surface area (Å²) < 4.78 is 26.8. The van der Waals surface area contributed by atoms with Crippen molar-refractivity contribution in [2.45, 2.75) is 116 Å². The Morgan fingerprint density at radius 1 is 1.04 bits per heavy atom. The quantitative estimate of drug-likeness (QED) is 0.109. The summed E-state index contributed by atoms with van der Waals surface area (Å²) in [4.78, 5) is 14.4. The van der Waals surface area contributed by atoms with E-state index in [1.54, 1.807) is 7.11 Å². The van der Waals surface area contributed by atoms with Crippen LogP contribution in [0.3, 0.4) is 0 Å². The number of hydrogen-bond donors (Lipinski definition) is 1. The Labute approximate surface area is 301 Å². The first kappa shape index (κ1) is 35.5. The topological polar surface area (TPSA) is 112 Å². The van der Waals surface area contributed by atoms with Gasteiger partial charge in [0.1, 0.15) is 41.2 Å². The summed E-state index contributed by atoms with van der Waals surface area (Å²) >= 11 is 0. The van der Waals surface area contributed by atoms with Crippen molar-refractivity contribution in [3.05, 3.63) is 70.7 Å². The lowest BCUT2D eigenvalue weighted by Gasteiger charge is -2.38. The number of aryl methyl sites for hydroxylation is 2. The van der Waals surface area contributed by atoms with Crippen LogP contribution in [0.5, 0.6) is 11.5 Å². The molecule has 1 saturated heterocycles. The van der Waals surface area contributed by atoms with Gasteiger partial charge in [0.2, 0.25) is 0 Å². The van der Waals surface area contributed by atoms with Crippen LogP contribution in [0.25, 0.3) is 11.0 Å². The fourth-order valence-corrected chi connectivity index (χ4v) is 8.31. The summed E-state index contributed by atoms with van der Waals surface area (Å²) in [6, 6.07) is 12.6. The normalized spacial score (nSPS) is 19.5. The minimum atomic E-state index is -0.716. The van der Waals surface area contributed by atoms with E-state index in [0.29, 0.717) is 25.0 Å². The summed E-state index contributed by atoms with van der Waals surface area (Å²) in [7, 11) is 1.72. The molecule has 2 fully saturated rings. The van der Waals surface area contributed by atoms with Crippen molar-refractivity contribution >= 4 is 16.9 Å². The van der Waals surface area contributed by atoms with Crippen molar-refractivity contribution in [1.29, 1.82) is 0 Å². The Morgan fingerprint density at radius 2 is 1.88 bits per heavy atom. The zero-order valence-corrected chi connectivity index (χ0v) is 30.5. The standard InChI is InChI=1S/C41H54N4O6/c1-4-5-6-7-18-45-23-33(42-43-45)25-49-26-34-21-32-13-15-37(48-3)35(40(32)50-34)24-44-19-16-29(17-20-44)36-14-12-28-8-11-31(22-38(28)51-36)39(30-9-10-30)27(2)41(46)47/h8,11,13,15,21-23,27,29-30,36,39H,4-7,9-10,12,14,16-20,24-26H2,1-3H3,(H,46,47)/t27-,36?,39-/m0/s1. The molecule has 0 radical (unpaired) electrons. The number of unbranched alkanes of at least 4 members (excludes halogenated alkanes) is 3. The molecule has 0 spiro atoms. The van der Waals surface area contributed by atoms with E-state index >= 15 is 0 Å². The van der Waals surface area contributed by atoms with Crippen LogP contribution in [0.2, 0.25) is 0 Å². The van der Waals surface area contributed by atoms with Gasteiger partial charge in [-0.05, 0) is 111 Å². The van der Waals surface area contributed by atoms with Gasteiger partial charge in [-0.25, -0.2) is 0 Å². The highest BCUT2D eigenvalue weighted by molar-refractivity contribution is 5.83. The highest BCUT2D eigenvalue weighted by atomic mass is 16.5. The van der Waals surface area contributed by atoms with Crippen LogP contribution in [0, 0.1) is 17.8 Å². The Kier molecular flexibility index (Phi) is 11.3. The fraction of sp³-hybridized carbons (Fsp3) is 0.585. The van der Waals surface area contributed by atoms with Gasteiger partial charge in [0.15, 0.2) is 0 Å². The third-order valence-electron chi connectivity index (χ3n) is 11.4. The zero-order valence-electron chi connectivity index (χ0n) is 30.5. The Morgan fingerprint density at radius 3 is 2.65 bits per heavy atom. The molecule has 1 saturated carbocycles. The third-order valence-corrected chi connectivity index (χ3v) is 11.4. The molecule has 10 heteroatoms. The van der Waals surface area contributed by atoms with Gasteiger partial charge in [0.05, 0.1) is 31.4 Å². The van der Waals surface area contributed by atoms with Crippen molar-refractivity contribution in [1.82, 2.24) is 19.9 Å². The molecule has 1 N–H and O–H groups in total. The summed E-state index contributed by atoms with van der Waals surface area (Å²) in [5.41, 5.74) is 5.12. The van der Waals surface area contributed by atoms with Crippen LogP contribution < -0.4 is 9.47 Å². The zero-order chi connectivity index (χ0) is 35.3. The Hall–Kier alpha value is -3.89. The second-order valence-corrected chi connectivity index (χ2v) is 15.1.